The lowest BCUT2D eigenvalue weighted by Crippen LogP contribution is -2.67. The molecule has 1 aromatic rings. The zero-order chi connectivity index (χ0) is 30.2. The quantitative estimate of drug-likeness (QED) is 0.0771. The van der Waals surface area contributed by atoms with Gasteiger partial charge in [-0.25, -0.2) is 4.79 Å². The van der Waals surface area contributed by atoms with Gasteiger partial charge in [-0.15, -0.1) is 0 Å². The Bertz CT molecular complexity index is 1130. The SMILES string of the molecule is CC(=O)OC[C@H]1O[C@H](OC(=N)C(Cl)(Cl)Cl)[C@H](NC(=O)OCc2ccc([N+](=O)[O-])cc2)[C@@H](OC(C)=O)[C@@H]1OC(C)=O. The molecule has 1 fully saturated rings. The molecule has 0 aromatic heterocycles. The summed E-state index contributed by atoms with van der Waals surface area (Å²) in [4.78, 5) is 58.3. The Morgan fingerprint density at radius 3 is 2.05 bits per heavy atom. The van der Waals surface area contributed by atoms with Gasteiger partial charge >= 0.3 is 24.0 Å². The molecular formula is C22H24Cl3N3O12. The van der Waals surface area contributed by atoms with E-state index in [-0.39, 0.29) is 12.3 Å². The first kappa shape index (κ1) is 32.8. The maximum Gasteiger partial charge on any atom is 0.408 e. The van der Waals surface area contributed by atoms with Crippen LogP contribution in [0.3, 0.4) is 0 Å². The zero-order valence-electron chi connectivity index (χ0n) is 21.1. The Morgan fingerprint density at radius 2 is 1.55 bits per heavy atom. The van der Waals surface area contributed by atoms with Crippen LogP contribution in [0.2, 0.25) is 0 Å². The van der Waals surface area contributed by atoms with Gasteiger partial charge in [-0.2, -0.15) is 0 Å². The van der Waals surface area contributed by atoms with Crippen molar-refractivity contribution >= 4 is 70.4 Å². The zero-order valence-corrected chi connectivity index (χ0v) is 23.4. The molecule has 1 aliphatic rings. The van der Waals surface area contributed by atoms with Crippen molar-refractivity contribution in [2.24, 2.45) is 0 Å². The van der Waals surface area contributed by atoms with Crippen LogP contribution in [-0.2, 0) is 49.4 Å². The maximum absolute atomic E-state index is 12.7. The number of alkyl halides is 3. The van der Waals surface area contributed by atoms with E-state index in [1.165, 1.54) is 24.3 Å². The molecule has 220 valence electrons. The number of carbonyl (C=O) groups is 4. The van der Waals surface area contributed by atoms with Gasteiger partial charge in [-0.3, -0.25) is 29.9 Å². The number of non-ortho nitro benzene ring substituents is 1. The predicted octanol–water partition coefficient (Wildman–Crippen LogP) is 2.71. The van der Waals surface area contributed by atoms with Gasteiger partial charge in [-0.1, -0.05) is 34.8 Å². The fourth-order valence-electron chi connectivity index (χ4n) is 3.38. The molecule has 5 atom stereocenters. The van der Waals surface area contributed by atoms with Gasteiger partial charge in [0.15, 0.2) is 12.2 Å². The number of carbonyl (C=O) groups excluding carboxylic acids is 4. The Kier molecular flexibility index (Phi) is 11.7. The summed E-state index contributed by atoms with van der Waals surface area (Å²) in [6.07, 6.45) is -7.19. The van der Waals surface area contributed by atoms with E-state index in [1.807, 2.05) is 0 Å². The summed E-state index contributed by atoms with van der Waals surface area (Å²) >= 11 is 17.1. The van der Waals surface area contributed by atoms with E-state index in [9.17, 15) is 29.3 Å². The third-order valence-electron chi connectivity index (χ3n) is 4.99. The summed E-state index contributed by atoms with van der Waals surface area (Å²) in [5.41, 5.74) is 0.218. The maximum atomic E-state index is 12.7. The summed E-state index contributed by atoms with van der Waals surface area (Å²) < 4.78 is 29.4. The Balaban J connectivity index is 2.37. The molecule has 0 bridgehead atoms. The molecule has 15 nitrogen and oxygen atoms in total. The van der Waals surface area contributed by atoms with Crippen molar-refractivity contribution in [3.8, 4) is 0 Å². The predicted molar refractivity (Wildman–Crippen MR) is 136 cm³/mol. The van der Waals surface area contributed by atoms with Crippen molar-refractivity contribution in [3.05, 3.63) is 39.9 Å². The standard InChI is InChI=1S/C22H24Cl3N3O12/c1-10(29)35-9-15-17(37-11(2)30)18(38-12(3)31)16(19(39-15)40-20(26)22(23,24)25)27-21(32)36-8-13-4-6-14(7-5-13)28(33)34/h4-7,15-19,26H,8-9H2,1-3H3,(H,27,32)/t15-,16-,17-,18-,19-/m1/s1. The number of hydrogen-bond donors (Lipinski definition) is 2. The highest BCUT2D eigenvalue weighted by Gasteiger charge is 2.53. The number of ether oxygens (including phenoxy) is 6. The smallest absolute Gasteiger partial charge is 0.408 e. The molecule has 1 aliphatic heterocycles. The molecule has 0 spiro atoms. The second-order valence-corrected chi connectivity index (χ2v) is 10.4. The van der Waals surface area contributed by atoms with E-state index >= 15 is 0 Å². The van der Waals surface area contributed by atoms with E-state index in [0.717, 1.165) is 20.8 Å². The van der Waals surface area contributed by atoms with Crippen LogP contribution in [0.25, 0.3) is 0 Å². The van der Waals surface area contributed by atoms with Crippen LogP contribution < -0.4 is 5.32 Å². The van der Waals surface area contributed by atoms with E-state index < -0.39 is 75.9 Å². The van der Waals surface area contributed by atoms with E-state index in [1.54, 1.807) is 0 Å². The lowest BCUT2D eigenvalue weighted by atomic mass is 9.96. The second-order valence-electron chi connectivity index (χ2n) is 8.11. The highest BCUT2D eigenvalue weighted by molar-refractivity contribution is 6.76. The normalized spacial score (nSPS) is 22.3. The molecule has 1 heterocycles. The minimum Gasteiger partial charge on any atom is -0.463 e. The molecule has 0 radical (unpaired) electrons. The monoisotopic (exact) mass is 627 g/mol. The fraction of sp³-hybridized carbons (Fsp3) is 0.500. The minimum atomic E-state index is -2.38. The fourth-order valence-corrected chi connectivity index (χ4v) is 3.51. The molecule has 0 saturated carbocycles. The largest absolute Gasteiger partial charge is 0.463 e. The average Bonchev–Trinajstić information content (AvgIpc) is 2.84. The summed E-state index contributed by atoms with van der Waals surface area (Å²) in [5, 5.41) is 21.1. The first-order valence-corrected chi connectivity index (χ1v) is 12.3. The van der Waals surface area contributed by atoms with Gasteiger partial charge in [0.2, 0.25) is 12.2 Å². The third kappa shape index (κ3) is 9.97. The van der Waals surface area contributed by atoms with Crippen molar-refractivity contribution < 1.29 is 52.5 Å². The first-order valence-electron chi connectivity index (χ1n) is 11.2. The Labute approximate surface area is 241 Å². The molecule has 2 N–H and O–H groups in total. The van der Waals surface area contributed by atoms with E-state index in [2.05, 4.69) is 5.32 Å². The van der Waals surface area contributed by atoms with Gasteiger partial charge < -0.3 is 33.7 Å². The first-order chi connectivity index (χ1) is 18.6. The summed E-state index contributed by atoms with van der Waals surface area (Å²) in [6, 6.07) is 3.60. The average molecular weight is 629 g/mol. The molecule has 18 heteroatoms. The van der Waals surface area contributed by atoms with Crippen LogP contribution in [0, 0.1) is 15.5 Å². The van der Waals surface area contributed by atoms with E-state index in [4.69, 9.17) is 68.6 Å². The summed E-state index contributed by atoms with van der Waals surface area (Å²) in [6.45, 7) is 2.32. The number of alkyl carbamates (subject to hydrolysis) is 1. The number of amides is 1. The number of rotatable bonds is 9. The minimum absolute atomic E-state index is 0.173. The lowest BCUT2D eigenvalue weighted by molar-refractivity contribution is -0.384. The van der Waals surface area contributed by atoms with Gasteiger partial charge in [0.25, 0.3) is 9.48 Å². The van der Waals surface area contributed by atoms with Crippen molar-refractivity contribution in [2.45, 2.75) is 61.8 Å². The molecule has 0 unspecified atom stereocenters. The summed E-state index contributed by atoms with van der Waals surface area (Å²) in [7, 11) is 0. The number of benzene rings is 1. The molecule has 1 saturated heterocycles. The number of nitro groups is 1. The summed E-state index contributed by atoms with van der Waals surface area (Å²) in [5.74, 6) is -3.40. The Hall–Kier alpha value is -3.40. The van der Waals surface area contributed by atoms with Gasteiger partial charge in [0.1, 0.15) is 25.4 Å². The number of nitrogens with one attached hydrogen (secondary N) is 2. The van der Waals surface area contributed by atoms with Crippen LogP contribution in [0.15, 0.2) is 24.3 Å². The highest BCUT2D eigenvalue weighted by Crippen LogP contribution is 2.32. The Morgan fingerprint density at radius 1 is 0.975 bits per heavy atom. The van der Waals surface area contributed by atoms with Crippen molar-refractivity contribution in [2.75, 3.05) is 6.61 Å². The van der Waals surface area contributed by atoms with Crippen LogP contribution in [-0.4, -0.2) is 75.9 Å². The van der Waals surface area contributed by atoms with Crippen molar-refractivity contribution in [1.82, 2.24) is 5.32 Å². The van der Waals surface area contributed by atoms with Crippen LogP contribution >= 0.6 is 34.8 Å². The molecule has 1 aromatic carbocycles. The van der Waals surface area contributed by atoms with Gasteiger partial charge in [0.05, 0.1) is 4.92 Å². The van der Waals surface area contributed by atoms with Crippen LogP contribution in [0.4, 0.5) is 10.5 Å². The number of nitro benzene ring substituents is 1. The molecule has 2 rings (SSSR count). The number of halogens is 3. The number of esters is 3. The van der Waals surface area contributed by atoms with Crippen LogP contribution in [0.5, 0.6) is 0 Å². The van der Waals surface area contributed by atoms with Crippen molar-refractivity contribution in [3.63, 3.8) is 0 Å². The number of hydrogen-bond acceptors (Lipinski definition) is 13. The van der Waals surface area contributed by atoms with Gasteiger partial charge in [0, 0.05) is 32.9 Å². The second kappa shape index (κ2) is 14.3. The van der Waals surface area contributed by atoms with Crippen LogP contribution in [0.1, 0.15) is 26.3 Å². The highest BCUT2D eigenvalue weighted by atomic mass is 35.6. The number of nitrogens with zero attached hydrogens (tertiary/aromatic N) is 1. The molecule has 0 aliphatic carbocycles. The van der Waals surface area contributed by atoms with E-state index in [0.29, 0.717) is 5.56 Å². The van der Waals surface area contributed by atoms with Crippen molar-refractivity contribution in [1.29, 1.82) is 5.41 Å². The molecular weight excluding hydrogens is 605 g/mol. The van der Waals surface area contributed by atoms with Gasteiger partial charge in [-0.05, 0) is 17.7 Å². The third-order valence-corrected chi connectivity index (χ3v) is 5.51. The topological polar surface area (TPSA) is 203 Å². The molecule has 40 heavy (non-hydrogen) atoms. The molecule has 1 amide bonds. The lowest BCUT2D eigenvalue weighted by Gasteiger charge is -2.44.